The van der Waals surface area contributed by atoms with Gasteiger partial charge in [-0.1, -0.05) is 11.3 Å². The molecule has 2 aromatic rings. The zero-order chi connectivity index (χ0) is 23.5. The molecule has 3 rings (SSSR count). The number of hydrogen-bond donors (Lipinski definition) is 0. The van der Waals surface area contributed by atoms with Crippen LogP contribution in [0.3, 0.4) is 0 Å². The second kappa shape index (κ2) is 10.0. The fourth-order valence-corrected chi connectivity index (χ4v) is 5.71. The van der Waals surface area contributed by atoms with Crippen LogP contribution in [-0.4, -0.2) is 69.3 Å². The van der Waals surface area contributed by atoms with Crippen LogP contribution in [0, 0.1) is 5.92 Å². The van der Waals surface area contributed by atoms with E-state index in [4.69, 9.17) is 14.2 Å². The van der Waals surface area contributed by atoms with Crippen molar-refractivity contribution < 1.29 is 32.2 Å². The van der Waals surface area contributed by atoms with Gasteiger partial charge >= 0.3 is 5.97 Å². The van der Waals surface area contributed by atoms with Crippen LogP contribution in [0.1, 0.15) is 19.8 Å². The van der Waals surface area contributed by atoms with Crippen molar-refractivity contribution in [2.75, 3.05) is 40.2 Å². The number of methoxy groups -OCH3 is 2. The summed E-state index contributed by atoms with van der Waals surface area (Å²) in [7, 11) is -0.352. The maximum atomic E-state index is 13.0. The highest BCUT2D eigenvalue weighted by atomic mass is 32.2. The smallest absolute Gasteiger partial charge is 0.326 e. The van der Waals surface area contributed by atoms with E-state index in [1.54, 1.807) is 23.6 Å². The van der Waals surface area contributed by atoms with E-state index in [1.165, 1.54) is 29.9 Å². The molecule has 0 spiro atoms. The van der Waals surface area contributed by atoms with E-state index in [9.17, 15) is 18.0 Å². The number of fused-ring (bicyclic) bond motifs is 1. The summed E-state index contributed by atoms with van der Waals surface area (Å²) in [6.45, 7) is 2.25. The highest BCUT2D eigenvalue weighted by Gasteiger charge is 2.30. The Labute approximate surface area is 190 Å². The summed E-state index contributed by atoms with van der Waals surface area (Å²) in [4.78, 5) is 29.9. The highest BCUT2D eigenvalue weighted by Crippen LogP contribution is 2.35. The van der Waals surface area contributed by atoms with E-state index < -0.39 is 27.8 Å². The lowest BCUT2D eigenvalue weighted by molar-refractivity contribution is -0.143. The van der Waals surface area contributed by atoms with Gasteiger partial charge in [-0.3, -0.25) is 9.59 Å². The first-order valence-corrected chi connectivity index (χ1v) is 12.8. The van der Waals surface area contributed by atoms with Gasteiger partial charge < -0.3 is 18.8 Å². The molecule has 1 aromatic heterocycles. The van der Waals surface area contributed by atoms with Crippen LogP contribution in [0.25, 0.3) is 10.2 Å². The molecule has 176 valence electrons. The molecular weight excluding hydrogens is 458 g/mol. The summed E-state index contributed by atoms with van der Waals surface area (Å²) >= 11 is 1.19. The summed E-state index contributed by atoms with van der Waals surface area (Å²) in [5.74, 6) is -0.412. The van der Waals surface area contributed by atoms with Gasteiger partial charge in [0.25, 0.3) is 5.91 Å². The van der Waals surface area contributed by atoms with Gasteiger partial charge in [-0.05, 0) is 31.9 Å². The predicted molar refractivity (Wildman–Crippen MR) is 119 cm³/mol. The number of benzene rings is 1. The second-order valence-corrected chi connectivity index (χ2v) is 10.3. The maximum absolute atomic E-state index is 13.0. The Hall–Kier alpha value is -2.44. The number of nitrogens with zero attached hydrogens (tertiary/aromatic N) is 3. The number of aromatic nitrogens is 1. The number of esters is 1. The Bertz CT molecular complexity index is 1180. The van der Waals surface area contributed by atoms with Crippen molar-refractivity contribution in [1.29, 1.82) is 0 Å². The molecule has 0 radical (unpaired) electrons. The number of amides is 1. The first kappa shape index (κ1) is 24.2. The first-order chi connectivity index (χ1) is 15.2. The quantitative estimate of drug-likeness (QED) is 0.544. The van der Waals surface area contributed by atoms with E-state index in [-0.39, 0.29) is 24.5 Å². The number of sulfonamides is 1. The van der Waals surface area contributed by atoms with Crippen molar-refractivity contribution in [1.82, 2.24) is 8.87 Å². The third-order valence-corrected chi connectivity index (χ3v) is 7.56. The molecule has 0 aliphatic carbocycles. The molecule has 0 saturated carbocycles. The average molecular weight is 486 g/mol. The number of carbonyl (C=O) groups is 2. The molecule has 0 N–H and O–H groups in total. The molecule has 1 amide bonds. The van der Waals surface area contributed by atoms with Crippen LogP contribution in [-0.2, 0) is 30.9 Å². The first-order valence-electron chi connectivity index (χ1n) is 10.1. The fraction of sp³-hybridized carbons (Fsp3) is 0.550. The molecule has 1 fully saturated rings. The minimum absolute atomic E-state index is 0.0938. The molecule has 1 saturated heterocycles. The predicted octanol–water partition coefficient (Wildman–Crippen LogP) is 1.38. The maximum Gasteiger partial charge on any atom is 0.326 e. The summed E-state index contributed by atoms with van der Waals surface area (Å²) in [6, 6.07) is 3.45. The number of ether oxygens (including phenoxy) is 3. The Morgan fingerprint density at radius 1 is 1.22 bits per heavy atom. The van der Waals surface area contributed by atoms with Crippen molar-refractivity contribution >= 4 is 43.5 Å². The molecule has 1 unspecified atom stereocenters. The SMILES string of the molecule is CCOC(=O)Cn1c(=NC(=O)C2CCCN(S(C)(=O)=O)C2)sc2c(OC)ccc(OC)c21. The van der Waals surface area contributed by atoms with Gasteiger partial charge in [0, 0.05) is 13.1 Å². The highest BCUT2D eigenvalue weighted by molar-refractivity contribution is 7.88. The minimum Gasteiger partial charge on any atom is -0.495 e. The van der Waals surface area contributed by atoms with Crippen molar-refractivity contribution in [3.05, 3.63) is 16.9 Å². The Balaban J connectivity index is 2.10. The lowest BCUT2D eigenvalue weighted by atomic mass is 9.99. The van der Waals surface area contributed by atoms with Gasteiger partial charge in [0.05, 0.1) is 33.0 Å². The lowest BCUT2D eigenvalue weighted by Gasteiger charge is -2.28. The number of hydrogen-bond acceptors (Lipinski definition) is 8. The van der Waals surface area contributed by atoms with E-state index >= 15 is 0 Å². The Morgan fingerprint density at radius 3 is 2.53 bits per heavy atom. The normalized spacial score (nSPS) is 18.0. The average Bonchev–Trinajstić information content (AvgIpc) is 3.10. The molecule has 10 nitrogen and oxygen atoms in total. The molecule has 32 heavy (non-hydrogen) atoms. The van der Waals surface area contributed by atoms with E-state index in [2.05, 4.69) is 4.99 Å². The number of piperidine rings is 1. The molecule has 2 heterocycles. The largest absolute Gasteiger partial charge is 0.495 e. The topological polar surface area (TPSA) is 116 Å². The van der Waals surface area contributed by atoms with Crippen molar-refractivity contribution in [2.45, 2.75) is 26.3 Å². The van der Waals surface area contributed by atoms with Crippen molar-refractivity contribution in [3.8, 4) is 11.5 Å². The molecule has 12 heteroatoms. The minimum atomic E-state index is -3.39. The number of rotatable bonds is 7. The molecule has 1 aliphatic heterocycles. The van der Waals surface area contributed by atoms with Gasteiger partial charge in [0.2, 0.25) is 10.0 Å². The lowest BCUT2D eigenvalue weighted by Crippen LogP contribution is -2.41. The summed E-state index contributed by atoms with van der Waals surface area (Å²) in [6.07, 6.45) is 2.26. The van der Waals surface area contributed by atoms with Crippen LogP contribution in [0.5, 0.6) is 11.5 Å². The number of thiazole rings is 1. The summed E-state index contributed by atoms with van der Waals surface area (Å²) in [5, 5.41) is 0. The summed E-state index contributed by atoms with van der Waals surface area (Å²) in [5.41, 5.74) is 0.567. The van der Waals surface area contributed by atoms with E-state index in [0.717, 1.165) is 6.26 Å². The molecule has 0 bridgehead atoms. The third kappa shape index (κ3) is 5.13. The van der Waals surface area contributed by atoms with Gasteiger partial charge in [0.1, 0.15) is 28.3 Å². The van der Waals surface area contributed by atoms with Gasteiger partial charge in [-0.15, -0.1) is 0 Å². The third-order valence-electron chi connectivity index (χ3n) is 5.19. The number of carbonyl (C=O) groups excluding carboxylic acids is 2. The van der Waals surface area contributed by atoms with Gasteiger partial charge in [0.15, 0.2) is 4.80 Å². The van der Waals surface area contributed by atoms with Crippen molar-refractivity contribution in [2.24, 2.45) is 10.9 Å². The van der Waals surface area contributed by atoms with E-state index in [0.29, 0.717) is 41.1 Å². The van der Waals surface area contributed by atoms with Gasteiger partial charge in [-0.25, -0.2) is 12.7 Å². The van der Waals surface area contributed by atoms with Crippen LogP contribution in [0.2, 0.25) is 0 Å². The van der Waals surface area contributed by atoms with Crippen LogP contribution < -0.4 is 14.3 Å². The van der Waals surface area contributed by atoms with Crippen LogP contribution >= 0.6 is 11.3 Å². The standard InChI is InChI=1S/C20H27N3O7S2/c1-5-30-16(24)12-23-17-14(28-2)8-9-15(29-3)18(17)31-20(23)21-19(25)13-7-6-10-22(11-13)32(4,26)27/h8-9,13H,5-7,10-12H2,1-4H3. The zero-order valence-electron chi connectivity index (χ0n) is 18.5. The fourth-order valence-electron chi connectivity index (χ4n) is 3.65. The van der Waals surface area contributed by atoms with Gasteiger partial charge in [-0.2, -0.15) is 4.99 Å². The molecular formula is C20H27N3O7S2. The second-order valence-electron chi connectivity index (χ2n) is 7.33. The molecule has 1 aromatic carbocycles. The monoisotopic (exact) mass is 485 g/mol. The Kier molecular flexibility index (Phi) is 7.57. The molecule has 1 atom stereocenters. The van der Waals surface area contributed by atoms with E-state index in [1.807, 2.05) is 0 Å². The zero-order valence-corrected chi connectivity index (χ0v) is 20.1. The van der Waals surface area contributed by atoms with Crippen LogP contribution in [0.15, 0.2) is 17.1 Å². The summed E-state index contributed by atoms with van der Waals surface area (Å²) < 4.78 is 43.4. The van der Waals surface area contributed by atoms with Crippen LogP contribution in [0.4, 0.5) is 0 Å². The Morgan fingerprint density at radius 2 is 1.91 bits per heavy atom. The molecule has 1 aliphatic rings. The van der Waals surface area contributed by atoms with Crippen molar-refractivity contribution in [3.63, 3.8) is 0 Å².